The van der Waals surface area contributed by atoms with E-state index < -0.39 is 0 Å². The summed E-state index contributed by atoms with van der Waals surface area (Å²) in [4.78, 5) is 14.5. The number of urea groups is 1. The van der Waals surface area contributed by atoms with Crippen LogP contribution in [0.5, 0.6) is 0 Å². The molecule has 0 fully saturated rings. The van der Waals surface area contributed by atoms with Crippen LogP contribution >= 0.6 is 0 Å². The summed E-state index contributed by atoms with van der Waals surface area (Å²) in [5.41, 5.74) is 3.40. The first-order chi connectivity index (χ1) is 12.8. The fraction of sp³-hybridized carbons (Fsp3) is 0.524. The molecular formula is C21H33N5O. The van der Waals surface area contributed by atoms with Crippen molar-refractivity contribution in [2.45, 2.75) is 39.8 Å². The average Bonchev–Trinajstić information content (AvgIpc) is 2.90. The largest absolute Gasteiger partial charge is 0.338 e. The van der Waals surface area contributed by atoms with Crippen LogP contribution in [-0.4, -0.2) is 53.9 Å². The van der Waals surface area contributed by atoms with E-state index in [1.807, 2.05) is 43.9 Å². The Kier molecular flexibility index (Phi) is 7.85. The molecule has 1 heterocycles. The number of carbonyl (C=O) groups excluding carboxylic acids is 1. The molecular weight excluding hydrogens is 338 g/mol. The predicted octanol–water partition coefficient (Wildman–Crippen LogP) is 2.61. The molecule has 0 radical (unpaired) electrons. The molecule has 0 unspecified atom stereocenters. The number of hydrogen-bond acceptors (Lipinski definition) is 3. The van der Waals surface area contributed by atoms with Crippen molar-refractivity contribution in [2.75, 3.05) is 27.2 Å². The Balaban J connectivity index is 1.82. The number of hydrogen-bond donors (Lipinski definition) is 2. The van der Waals surface area contributed by atoms with Gasteiger partial charge in [0.05, 0.1) is 5.69 Å². The van der Waals surface area contributed by atoms with Gasteiger partial charge in [-0.15, -0.1) is 0 Å². The second-order valence-corrected chi connectivity index (χ2v) is 7.72. The Morgan fingerprint density at radius 3 is 2.52 bits per heavy atom. The molecule has 2 aromatic rings. The molecule has 2 rings (SSSR count). The molecule has 27 heavy (non-hydrogen) atoms. The van der Waals surface area contributed by atoms with Gasteiger partial charge in [0, 0.05) is 31.4 Å². The van der Waals surface area contributed by atoms with Gasteiger partial charge in [0.25, 0.3) is 0 Å². The van der Waals surface area contributed by atoms with E-state index in [4.69, 9.17) is 0 Å². The van der Waals surface area contributed by atoms with Crippen LogP contribution in [0.15, 0.2) is 36.4 Å². The molecule has 0 aliphatic carbocycles. The van der Waals surface area contributed by atoms with Gasteiger partial charge in [0.15, 0.2) is 0 Å². The van der Waals surface area contributed by atoms with Crippen LogP contribution < -0.4 is 10.6 Å². The van der Waals surface area contributed by atoms with Crippen LogP contribution in [0, 0.1) is 19.8 Å². The Hall–Kier alpha value is -2.34. The van der Waals surface area contributed by atoms with Gasteiger partial charge in [0.1, 0.15) is 0 Å². The van der Waals surface area contributed by atoms with Crippen molar-refractivity contribution in [1.82, 2.24) is 25.3 Å². The zero-order valence-corrected chi connectivity index (χ0v) is 17.2. The standard InChI is InChI=1S/C21H33N5O/c1-16(14-26-18(3)11-17(2)24-26)13-22-21(27)23-20(15-25(4)5)12-19-9-7-6-8-10-19/h6-11,16,20H,12-15H2,1-5H3,(H2,22,23,27)/t16-,20+/m1/s1. The van der Waals surface area contributed by atoms with Crippen LogP contribution in [0.1, 0.15) is 23.9 Å². The van der Waals surface area contributed by atoms with Crippen molar-refractivity contribution in [3.63, 3.8) is 0 Å². The summed E-state index contributed by atoms with van der Waals surface area (Å²) >= 11 is 0. The van der Waals surface area contributed by atoms with E-state index in [1.165, 1.54) is 5.56 Å². The van der Waals surface area contributed by atoms with Crippen LogP contribution in [0.3, 0.4) is 0 Å². The van der Waals surface area contributed by atoms with Crippen LogP contribution in [0.4, 0.5) is 4.79 Å². The quantitative estimate of drug-likeness (QED) is 0.712. The molecule has 6 heteroatoms. The SMILES string of the molecule is Cc1cc(C)n(C[C@H](C)CNC(=O)N[C@@H](Cc2ccccc2)CN(C)C)n1. The van der Waals surface area contributed by atoms with E-state index in [2.05, 4.69) is 52.7 Å². The summed E-state index contributed by atoms with van der Waals surface area (Å²) in [6.45, 7) is 8.39. The minimum Gasteiger partial charge on any atom is -0.338 e. The van der Waals surface area contributed by atoms with E-state index >= 15 is 0 Å². The van der Waals surface area contributed by atoms with Gasteiger partial charge in [0.2, 0.25) is 0 Å². The van der Waals surface area contributed by atoms with Crippen molar-refractivity contribution in [3.05, 3.63) is 53.3 Å². The summed E-state index contributed by atoms with van der Waals surface area (Å²) in [6.07, 6.45) is 0.813. The van der Waals surface area contributed by atoms with E-state index in [1.54, 1.807) is 0 Å². The molecule has 0 saturated carbocycles. The molecule has 6 nitrogen and oxygen atoms in total. The number of likely N-dealkylation sites (N-methyl/N-ethyl adjacent to an activating group) is 1. The minimum atomic E-state index is -0.113. The van der Waals surface area contributed by atoms with Gasteiger partial charge in [-0.25, -0.2) is 4.79 Å². The zero-order valence-electron chi connectivity index (χ0n) is 17.2. The van der Waals surface area contributed by atoms with Crippen molar-refractivity contribution >= 4 is 6.03 Å². The number of aryl methyl sites for hydroxylation is 2. The molecule has 1 aromatic heterocycles. The number of carbonyl (C=O) groups is 1. The molecule has 2 atom stereocenters. The van der Waals surface area contributed by atoms with E-state index in [-0.39, 0.29) is 12.1 Å². The highest BCUT2D eigenvalue weighted by Crippen LogP contribution is 2.06. The third-order valence-corrected chi connectivity index (χ3v) is 4.44. The molecule has 2 amide bonds. The van der Waals surface area contributed by atoms with Crippen molar-refractivity contribution in [2.24, 2.45) is 5.92 Å². The molecule has 0 bridgehead atoms. The molecule has 0 aliphatic rings. The maximum absolute atomic E-state index is 12.4. The number of aromatic nitrogens is 2. The molecule has 0 saturated heterocycles. The summed E-state index contributed by atoms with van der Waals surface area (Å²) in [7, 11) is 4.04. The highest BCUT2D eigenvalue weighted by Gasteiger charge is 2.15. The normalized spacial score (nSPS) is 13.4. The van der Waals surface area contributed by atoms with Gasteiger partial charge in [-0.05, 0) is 51.9 Å². The third kappa shape index (κ3) is 7.43. The van der Waals surface area contributed by atoms with Crippen molar-refractivity contribution in [1.29, 1.82) is 0 Å². The second kappa shape index (κ2) is 10.1. The first-order valence-corrected chi connectivity index (χ1v) is 9.57. The van der Waals surface area contributed by atoms with Gasteiger partial charge >= 0.3 is 6.03 Å². The van der Waals surface area contributed by atoms with Gasteiger partial charge < -0.3 is 15.5 Å². The first kappa shape index (κ1) is 21.0. The fourth-order valence-electron chi connectivity index (χ4n) is 3.22. The van der Waals surface area contributed by atoms with Gasteiger partial charge in [-0.3, -0.25) is 4.68 Å². The number of amides is 2. The Morgan fingerprint density at radius 1 is 1.22 bits per heavy atom. The summed E-state index contributed by atoms with van der Waals surface area (Å²) < 4.78 is 2.00. The lowest BCUT2D eigenvalue weighted by Crippen LogP contribution is -2.48. The predicted molar refractivity (Wildman–Crippen MR) is 110 cm³/mol. The van der Waals surface area contributed by atoms with E-state index in [0.29, 0.717) is 12.5 Å². The van der Waals surface area contributed by atoms with Crippen LogP contribution in [0.25, 0.3) is 0 Å². The zero-order chi connectivity index (χ0) is 19.8. The van der Waals surface area contributed by atoms with Gasteiger partial charge in [-0.1, -0.05) is 37.3 Å². The number of nitrogens with one attached hydrogen (secondary N) is 2. The summed E-state index contributed by atoms with van der Waals surface area (Å²) in [6, 6.07) is 12.3. The topological polar surface area (TPSA) is 62.2 Å². The number of nitrogens with zero attached hydrogens (tertiary/aromatic N) is 3. The molecule has 1 aromatic carbocycles. The first-order valence-electron chi connectivity index (χ1n) is 9.57. The summed E-state index contributed by atoms with van der Waals surface area (Å²) in [5.74, 6) is 0.301. The minimum absolute atomic E-state index is 0.0636. The molecule has 0 spiro atoms. The van der Waals surface area contributed by atoms with Gasteiger partial charge in [-0.2, -0.15) is 5.10 Å². The van der Waals surface area contributed by atoms with Crippen molar-refractivity contribution in [3.8, 4) is 0 Å². The smallest absolute Gasteiger partial charge is 0.315 e. The molecule has 148 valence electrons. The Morgan fingerprint density at radius 2 is 1.93 bits per heavy atom. The fourth-order valence-corrected chi connectivity index (χ4v) is 3.22. The number of rotatable bonds is 9. The lowest BCUT2D eigenvalue weighted by atomic mass is 10.1. The second-order valence-electron chi connectivity index (χ2n) is 7.72. The van der Waals surface area contributed by atoms with E-state index in [0.717, 1.165) is 30.9 Å². The third-order valence-electron chi connectivity index (χ3n) is 4.44. The Bertz CT molecular complexity index is 711. The molecule has 2 N–H and O–H groups in total. The van der Waals surface area contributed by atoms with Crippen LogP contribution in [-0.2, 0) is 13.0 Å². The average molecular weight is 372 g/mol. The lowest BCUT2D eigenvalue weighted by Gasteiger charge is -2.23. The Labute approximate surface area is 162 Å². The highest BCUT2D eigenvalue weighted by molar-refractivity contribution is 5.74. The maximum atomic E-state index is 12.4. The summed E-state index contributed by atoms with van der Waals surface area (Å²) in [5, 5.41) is 10.6. The van der Waals surface area contributed by atoms with Crippen LogP contribution in [0.2, 0.25) is 0 Å². The maximum Gasteiger partial charge on any atom is 0.315 e. The lowest BCUT2D eigenvalue weighted by molar-refractivity contribution is 0.230. The van der Waals surface area contributed by atoms with E-state index in [9.17, 15) is 4.79 Å². The van der Waals surface area contributed by atoms with Crippen molar-refractivity contribution < 1.29 is 4.79 Å². The number of benzene rings is 1. The molecule has 0 aliphatic heterocycles. The highest BCUT2D eigenvalue weighted by atomic mass is 16.2. The monoisotopic (exact) mass is 371 g/mol.